The van der Waals surface area contributed by atoms with Crippen molar-refractivity contribution in [3.8, 4) is 56.8 Å². The van der Waals surface area contributed by atoms with Crippen LogP contribution >= 0.6 is 11.3 Å². The van der Waals surface area contributed by atoms with Gasteiger partial charge in [-0.2, -0.15) is 0 Å². The molecule has 6 aromatic carbocycles. The number of benzene rings is 6. The van der Waals surface area contributed by atoms with Crippen LogP contribution in [0.1, 0.15) is 49.9 Å². The van der Waals surface area contributed by atoms with Gasteiger partial charge in [0, 0.05) is 58.8 Å². The Morgan fingerprint density at radius 3 is 1.90 bits per heavy atom. The number of fused-ring (bicyclic) bond motifs is 9. The third kappa shape index (κ3) is 4.20. The molecule has 0 unspecified atom stereocenters. The minimum absolute atomic E-state index is 0.124. The summed E-state index contributed by atoms with van der Waals surface area (Å²) in [7, 11) is 0. The Kier molecular flexibility index (Phi) is 6.11. The highest BCUT2D eigenvalue weighted by atomic mass is 32.1. The molecule has 8 aromatic rings. The summed E-state index contributed by atoms with van der Waals surface area (Å²) in [5.74, 6) is 3.78. The highest BCUT2D eigenvalue weighted by Gasteiger charge is 2.37. The molecule has 50 heavy (non-hydrogen) atoms. The largest absolute Gasteiger partial charge is 0.456 e. The first-order chi connectivity index (χ1) is 24.3. The van der Waals surface area contributed by atoms with Gasteiger partial charge in [-0.3, -0.25) is 0 Å². The molecule has 0 bridgehead atoms. The first kappa shape index (κ1) is 29.3. The van der Waals surface area contributed by atoms with E-state index in [-0.39, 0.29) is 10.8 Å². The van der Waals surface area contributed by atoms with Crippen molar-refractivity contribution in [2.24, 2.45) is 0 Å². The van der Waals surface area contributed by atoms with Gasteiger partial charge >= 0.3 is 0 Å². The molecule has 3 heterocycles. The van der Waals surface area contributed by atoms with Crippen molar-refractivity contribution in [1.29, 1.82) is 0 Å². The maximum Gasteiger partial charge on any atom is 0.164 e. The van der Waals surface area contributed by atoms with Crippen molar-refractivity contribution in [3.05, 3.63) is 150 Å². The van der Waals surface area contributed by atoms with Gasteiger partial charge in [-0.15, -0.1) is 11.3 Å². The van der Waals surface area contributed by atoms with E-state index in [9.17, 15) is 0 Å². The van der Waals surface area contributed by atoms with Crippen molar-refractivity contribution in [2.75, 3.05) is 0 Å². The number of thiophene rings is 1. The molecular weight excluding hydrogens is 631 g/mol. The summed E-state index contributed by atoms with van der Waals surface area (Å²) in [5, 5.41) is 2.44. The highest BCUT2D eigenvalue weighted by molar-refractivity contribution is 7.25. The van der Waals surface area contributed by atoms with Gasteiger partial charge in [0.15, 0.2) is 17.5 Å². The second kappa shape index (κ2) is 10.4. The zero-order valence-corrected chi connectivity index (χ0v) is 29.1. The van der Waals surface area contributed by atoms with Crippen LogP contribution in [0.2, 0.25) is 0 Å². The fraction of sp³-hybridized carbons (Fsp3) is 0.133. The molecule has 10 rings (SSSR count). The molecule has 5 heteroatoms. The monoisotopic (exact) mass is 663 g/mol. The third-order valence-electron chi connectivity index (χ3n) is 10.8. The maximum atomic E-state index is 6.81. The van der Waals surface area contributed by atoms with Gasteiger partial charge in [0.05, 0.1) is 0 Å². The van der Waals surface area contributed by atoms with Crippen LogP contribution in [0.4, 0.5) is 0 Å². The van der Waals surface area contributed by atoms with Gasteiger partial charge in [0.1, 0.15) is 11.5 Å². The highest BCUT2D eigenvalue weighted by Crippen LogP contribution is 2.54. The molecule has 0 atom stereocenters. The Hall–Kier alpha value is -5.65. The fourth-order valence-electron chi connectivity index (χ4n) is 8.08. The lowest BCUT2D eigenvalue weighted by Gasteiger charge is -2.35. The second-order valence-electron chi connectivity index (χ2n) is 14.5. The van der Waals surface area contributed by atoms with Gasteiger partial charge in [-0.25, -0.2) is 15.0 Å². The standard InChI is InChI=1S/C45H33N3OS/c1-44(2)32-16-10-8-14-29(32)30-20-18-27(24-34(30)44)42-46-41(26-12-6-5-7-13-26)47-43(48-42)28-19-22-36-35(25-28)45(3,4)33-21-23-38-39(40(33)49-36)31-15-9-11-17-37(31)50-38/h5-25H,1-4H3. The van der Waals surface area contributed by atoms with E-state index >= 15 is 0 Å². The molecule has 1 aliphatic heterocycles. The average molecular weight is 664 g/mol. The quantitative estimate of drug-likeness (QED) is 0.189. The molecule has 2 aromatic heterocycles. The van der Waals surface area contributed by atoms with Crippen LogP contribution in [-0.4, -0.2) is 15.0 Å². The summed E-state index contributed by atoms with van der Waals surface area (Å²) >= 11 is 1.82. The summed E-state index contributed by atoms with van der Waals surface area (Å²) < 4.78 is 9.33. The summed E-state index contributed by atoms with van der Waals surface area (Å²) in [6, 6.07) is 45.0. The molecule has 4 nitrogen and oxygen atoms in total. The first-order valence-electron chi connectivity index (χ1n) is 17.1. The van der Waals surface area contributed by atoms with Crippen LogP contribution < -0.4 is 4.74 Å². The van der Waals surface area contributed by atoms with Gasteiger partial charge in [-0.05, 0) is 58.7 Å². The Morgan fingerprint density at radius 2 is 1.10 bits per heavy atom. The molecule has 0 amide bonds. The van der Waals surface area contributed by atoms with E-state index in [4.69, 9.17) is 19.7 Å². The topological polar surface area (TPSA) is 47.9 Å². The van der Waals surface area contributed by atoms with E-state index in [0.29, 0.717) is 17.5 Å². The fourth-order valence-corrected chi connectivity index (χ4v) is 9.18. The number of aromatic nitrogens is 3. The van der Waals surface area contributed by atoms with Crippen LogP contribution in [0.5, 0.6) is 11.5 Å². The van der Waals surface area contributed by atoms with Crippen LogP contribution in [0.3, 0.4) is 0 Å². The summed E-state index contributed by atoms with van der Waals surface area (Å²) in [4.78, 5) is 15.3. The van der Waals surface area contributed by atoms with Gasteiger partial charge in [0.2, 0.25) is 0 Å². The van der Waals surface area contributed by atoms with E-state index in [1.807, 2.05) is 29.5 Å². The molecule has 0 radical (unpaired) electrons. The summed E-state index contributed by atoms with van der Waals surface area (Å²) in [6.07, 6.45) is 0. The number of hydrogen-bond donors (Lipinski definition) is 0. The molecule has 0 fully saturated rings. The lowest BCUT2D eigenvalue weighted by Crippen LogP contribution is -2.24. The summed E-state index contributed by atoms with van der Waals surface area (Å²) in [5.41, 5.74) is 9.94. The van der Waals surface area contributed by atoms with Crippen molar-refractivity contribution >= 4 is 31.5 Å². The predicted octanol–water partition coefficient (Wildman–Crippen LogP) is 12.0. The molecule has 0 N–H and O–H groups in total. The SMILES string of the molecule is CC1(C)c2ccccc2-c2ccc(-c3nc(-c4ccccc4)nc(-c4ccc5c(c4)C(C)(C)c4ccc6sc7ccccc7c6c4O5)n3)cc21. The maximum absolute atomic E-state index is 6.81. The Morgan fingerprint density at radius 1 is 0.480 bits per heavy atom. The second-order valence-corrected chi connectivity index (χ2v) is 15.5. The van der Waals surface area contributed by atoms with Gasteiger partial charge in [0.25, 0.3) is 0 Å². The van der Waals surface area contributed by atoms with Crippen LogP contribution in [-0.2, 0) is 10.8 Å². The van der Waals surface area contributed by atoms with Gasteiger partial charge in [-0.1, -0.05) is 119 Å². The van der Waals surface area contributed by atoms with E-state index in [1.54, 1.807) is 0 Å². The van der Waals surface area contributed by atoms with E-state index in [2.05, 4.69) is 137 Å². The van der Waals surface area contributed by atoms with Crippen molar-refractivity contribution in [1.82, 2.24) is 15.0 Å². The molecule has 2 aliphatic rings. The molecule has 240 valence electrons. The normalized spacial score (nSPS) is 14.9. The number of hydrogen-bond acceptors (Lipinski definition) is 5. The van der Waals surface area contributed by atoms with E-state index in [0.717, 1.165) is 33.8 Å². The Balaban J connectivity index is 1.12. The minimum Gasteiger partial charge on any atom is -0.456 e. The molecule has 1 aliphatic carbocycles. The predicted molar refractivity (Wildman–Crippen MR) is 205 cm³/mol. The van der Waals surface area contributed by atoms with Crippen LogP contribution in [0, 0.1) is 0 Å². The van der Waals surface area contributed by atoms with Crippen LogP contribution in [0.15, 0.2) is 127 Å². The first-order valence-corrected chi connectivity index (χ1v) is 17.9. The van der Waals surface area contributed by atoms with Crippen LogP contribution in [0.25, 0.3) is 65.5 Å². The third-order valence-corrected chi connectivity index (χ3v) is 11.9. The molecule has 0 spiro atoms. The average Bonchev–Trinajstić information content (AvgIpc) is 3.64. The Labute approximate surface area is 295 Å². The van der Waals surface area contributed by atoms with E-state index in [1.165, 1.54) is 48.0 Å². The summed E-state index contributed by atoms with van der Waals surface area (Å²) in [6.45, 7) is 9.18. The van der Waals surface area contributed by atoms with Crippen molar-refractivity contribution < 1.29 is 4.74 Å². The zero-order chi connectivity index (χ0) is 33.8. The lowest BCUT2D eigenvalue weighted by molar-refractivity contribution is 0.423. The molecule has 0 saturated heterocycles. The molecule has 0 saturated carbocycles. The number of rotatable bonds is 3. The Bertz CT molecular complexity index is 2690. The zero-order valence-electron chi connectivity index (χ0n) is 28.3. The van der Waals surface area contributed by atoms with Crippen molar-refractivity contribution in [3.63, 3.8) is 0 Å². The van der Waals surface area contributed by atoms with Gasteiger partial charge < -0.3 is 4.74 Å². The number of nitrogens with zero attached hydrogens (tertiary/aromatic N) is 3. The lowest BCUT2D eigenvalue weighted by atomic mass is 9.75. The number of ether oxygens (including phenoxy) is 1. The molecular formula is C45H33N3OS. The van der Waals surface area contributed by atoms with Crippen molar-refractivity contribution in [2.45, 2.75) is 38.5 Å². The smallest absolute Gasteiger partial charge is 0.164 e. The minimum atomic E-state index is -0.311. The van der Waals surface area contributed by atoms with E-state index < -0.39 is 0 Å².